The van der Waals surface area contributed by atoms with Gasteiger partial charge in [0.15, 0.2) is 12.0 Å². The zero-order valence-electron chi connectivity index (χ0n) is 11.0. The minimum absolute atomic E-state index is 0.125. The van der Waals surface area contributed by atoms with E-state index in [1.54, 1.807) is 10.7 Å². The maximum atomic E-state index is 11.2. The second-order valence-electron chi connectivity index (χ2n) is 4.82. The fourth-order valence-electron chi connectivity index (χ4n) is 2.51. The van der Waals surface area contributed by atoms with Gasteiger partial charge in [0.25, 0.3) is 0 Å². The molecule has 0 bridgehead atoms. The van der Waals surface area contributed by atoms with E-state index in [4.69, 9.17) is 16.3 Å². The molecule has 0 amide bonds. The van der Waals surface area contributed by atoms with Crippen LogP contribution in [0.15, 0.2) is 18.2 Å². The van der Waals surface area contributed by atoms with E-state index in [2.05, 4.69) is 10.3 Å². The zero-order chi connectivity index (χ0) is 14.1. The molecule has 1 aromatic carbocycles. The van der Waals surface area contributed by atoms with Crippen molar-refractivity contribution < 1.29 is 9.53 Å². The van der Waals surface area contributed by atoms with Crippen molar-refractivity contribution in [1.29, 1.82) is 0 Å². The molecule has 1 aliphatic heterocycles. The molecule has 0 aliphatic carbocycles. The van der Waals surface area contributed by atoms with Crippen molar-refractivity contribution in [3.8, 4) is 5.69 Å². The van der Waals surface area contributed by atoms with Crippen molar-refractivity contribution in [1.82, 2.24) is 15.0 Å². The standard InChI is InChI=1S/C14H14ClN3O2/c1-9-7-10(15)4-5-12(9)18-14(11(8-19)16-17-18)13-3-2-6-20-13/h4-5,7-8,13H,2-3,6H2,1H3. The molecule has 20 heavy (non-hydrogen) atoms. The van der Waals surface area contributed by atoms with Crippen molar-refractivity contribution in [2.24, 2.45) is 0 Å². The molecule has 0 spiro atoms. The summed E-state index contributed by atoms with van der Waals surface area (Å²) >= 11 is 5.98. The molecule has 1 unspecified atom stereocenters. The van der Waals surface area contributed by atoms with E-state index in [9.17, 15) is 4.79 Å². The Bertz CT molecular complexity index is 648. The maximum absolute atomic E-state index is 11.2. The number of aromatic nitrogens is 3. The van der Waals surface area contributed by atoms with Gasteiger partial charge in [-0.2, -0.15) is 0 Å². The lowest BCUT2D eigenvalue weighted by atomic mass is 10.1. The number of hydrogen-bond acceptors (Lipinski definition) is 4. The minimum atomic E-state index is -0.125. The van der Waals surface area contributed by atoms with Crippen LogP contribution in [-0.4, -0.2) is 27.9 Å². The number of aryl methyl sites for hydroxylation is 1. The van der Waals surface area contributed by atoms with E-state index in [1.165, 1.54) is 0 Å². The number of aldehydes is 1. The molecule has 0 radical (unpaired) electrons. The Morgan fingerprint density at radius 3 is 3.00 bits per heavy atom. The highest BCUT2D eigenvalue weighted by atomic mass is 35.5. The highest BCUT2D eigenvalue weighted by Crippen LogP contribution is 2.32. The number of benzene rings is 1. The minimum Gasteiger partial charge on any atom is -0.372 e. The molecule has 2 aromatic rings. The number of carbonyl (C=O) groups is 1. The first-order chi connectivity index (χ1) is 9.70. The summed E-state index contributed by atoms with van der Waals surface area (Å²) in [6.07, 6.45) is 2.46. The van der Waals surface area contributed by atoms with Gasteiger partial charge < -0.3 is 4.74 Å². The summed E-state index contributed by atoms with van der Waals surface area (Å²) in [5, 5.41) is 8.72. The monoisotopic (exact) mass is 291 g/mol. The van der Waals surface area contributed by atoms with Crippen molar-refractivity contribution in [2.75, 3.05) is 6.61 Å². The molecule has 1 aromatic heterocycles. The summed E-state index contributed by atoms with van der Waals surface area (Å²) in [5.41, 5.74) is 2.90. The van der Waals surface area contributed by atoms with Gasteiger partial charge in [-0.1, -0.05) is 16.8 Å². The Morgan fingerprint density at radius 2 is 2.35 bits per heavy atom. The van der Waals surface area contributed by atoms with Gasteiger partial charge in [0.05, 0.1) is 5.69 Å². The van der Waals surface area contributed by atoms with Crippen LogP contribution in [0.3, 0.4) is 0 Å². The van der Waals surface area contributed by atoms with Crippen molar-refractivity contribution in [3.63, 3.8) is 0 Å². The molecule has 1 atom stereocenters. The Labute approximate surface area is 121 Å². The predicted molar refractivity (Wildman–Crippen MR) is 74.4 cm³/mol. The van der Waals surface area contributed by atoms with Crippen LogP contribution in [0.4, 0.5) is 0 Å². The molecule has 0 saturated carbocycles. The van der Waals surface area contributed by atoms with Gasteiger partial charge in [-0.3, -0.25) is 4.79 Å². The molecule has 104 valence electrons. The zero-order valence-corrected chi connectivity index (χ0v) is 11.8. The number of carbonyl (C=O) groups excluding carboxylic acids is 1. The second-order valence-corrected chi connectivity index (χ2v) is 5.26. The lowest BCUT2D eigenvalue weighted by Crippen LogP contribution is -2.10. The fraction of sp³-hybridized carbons (Fsp3) is 0.357. The van der Waals surface area contributed by atoms with Crippen LogP contribution in [0.2, 0.25) is 5.02 Å². The van der Waals surface area contributed by atoms with Crippen LogP contribution in [0, 0.1) is 6.92 Å². The quantitative estimate of drug-likeness (QED) is 0.816. The maximum Gasteiger partial charge on any atom is 0.172 e. The lowest BCUT2D eigenvalue weighted by Gasteiger charge is -2.14. The van der Waals surface area contributed by atoms with Crippen LogP contribution in [-0.2, 0) is 4.74 Å². The van der Waals surface area contributed by atoms with Crippen LogP contribution < -0.4 is 0 Å². The summed E-state index contributed by atoms with van der Waals surface area (Å²) in [4.78, 5) is 11.2. The van der Waals surface area contributed by atoms with Gasteiger partial charge >= 0.3 is 0 Å². The first-order valence-electron chi connectivity index (χ1n) is 6.49. The Hall–Kier alpha value is -1.72. The molecular formula is C14H14ClN3O2. The lowest BCUT2D eigenvalue weighted by molar-refractivity contribution is 0.102. The number of ether oxygens (including phenoxy) is 1. The Morgan fingerprint density at radius 1 is 1.50 bits per heavy atom. The van der Waals surface area contributed by atoms with E-state index in [0.717, 1.165) is 36.1 Å². The summed E-state index contributed by atoms with van der Waals surface area (Å²) in [7, 11) is 0. The van der Waals surface area contributed by atoms with Crippen molar-refractivity contribution in [3.05, 3.63) is 40.2 Å². The largest absolute Gasteiger partial charge is 0.372 e. The van der Waals surface area contributed by atoms with E-state index in [1.807, 2.05) is 19.1 Å². The number of hydrogen-bond donors (Lipinski definition) is 0. The first kappa shape index (κ1) is 13.3. The smallest absolute Gasteiger partial charge is 0.172 e. The third kappa shape index (κ3) is 2.23. The molecule has 3 rings (SSSR count). The van der Waals surface area contributed by atoms with Crippen LogP contribution in [0.1, 0.15) is 40.7 Å². The molecule has 5 nitrogen and oxygen atoms in total. The first-order valence-corrected chi connectivity index (χ1v) is 6.87. The molecule has 2 heterocycles. The molecule has 1 saturated heterocycles. The summed E-state index contributed by atoms with van der Waals surface area (Å²) < 4.78 is 7.37. The average molecular weight is 292 g/mol. The summed E-state index contributed by atoms with van der Waals surface area (Å²) in [6, 6.07) is 5.53. The van der Waals surface area contributed by atoms with Gasteiger partial charge in [0, 0.05) is 11.6 Å². The normalized spacial score (nSPS) is 18.4. The number of nitrogens with zero attached hydrogens (tertiary/aromatic N) is 3. The van der Waals surface area contributed by atoms with Gasteiger partial charge in [-0.15, -0.1) is 5.10 Å². The third-order valence-electron chi connectivity index (χ3n) is 3.47. The molecule has 1 aliphatic rings. The molecule has 6 heteroatoms. The highest BCUT2D eigenvalue weighted by molar-refractivity contribution is 6.30. The Kier molecular flexibility index (Phi) is 3.54. The second kappa shape index (κ2) is 5.34. The van der Waals surface area contributed by atoms with Crippen LogP contribution >= 0.6 is 11.6 Å². The van der Waals surface area contributed by atoms with E-state index in [0.29, 0.717) is 17.3 Å². The Balaban J connectivity index is 2.13. The predicted octanol–water partition coefficient (Wildman–Crippen LogP) is 2.89. The van der Waals surface area contributed by atoms with Gasteiger partial charge in [-0.05, 0) is 43.5 Å². The summed E-state index contributed by atoms with van der Waals surface area (Å²) in [6.45, 7) is 2.65. The van der Waals surface area contributed by atoms with Crippen molar-refractivity contribution >= 4 is 17.9 Å². The van der Waals surface area contributed by atoms with Crippen LogP contribution in [0.5, 0.6) is 0 Å². The van der Waals surface area contributed by atoms with E-state index >= 15 is 0 Å². The fourth-order valence-corrected chi connectivity index (χ4v) is 2.74. The third-order valence-corrected chi connectivity index (χ3v) is 3.70. The topological polar surface area (TPSA) is 57.0 Å². The van der Waals surface area contributed by atoms with Gasteiger partial charge in [-0.25, -0.2) is 4.68 Å². The van der Waals surface area contributed by atoms with E-state index < -0.39 is 0 Å². The van der Waals surface area contributed by atoms with Gasteiger partial charge in [0.1, 0.15) is 11.8 Å². The van der Waals surface area contributed by atoms with Crippen molar-refractivity contribution in [2.45, 2.75) is 25.9 Å². The molecule has 1 fully saturated rings. The average Bonchev–Trinajstić information content (AvgIpc) is 3.06. The molecule has 0 N–H and O–H groups in total. The van der Waals surface area contributed by atoms with Crippen LogP contribution in [0.25, 0.3) is 5.69 Å². The van der Waals surface area contributed by atoms with E-state index in [-0.39, 0.29) is 6.10 Å². The highest BCUT2D eigenvalue weighted by Gasteiger charge is 2.27. The number of rotatable bonds is 3. The summed E-state index contributed by atoms with van der Waals surface area (Å²) in [5.74, 6) is 0. The molecular weight excluding hydrogens is 278 g/mol. The van der Waals surface area contributed by atoms with Gasteiger partial charge in [0.2, 0.25) is 0 Å². The number of halogens is 1. The SMILES string of the molecule is Cc1cc(Cl)ccc1-n1nnc(C=O)c1C1CCCO1.